The lowest BCUT2D eigenvalue weighted by molar-refractivity contribution is -0.125. The van der Waals surface area contributed by atoms with Crippen molar-refractivity contribution >= 4 is 28.9 Å². The minimum Gasteiger partial charge on any atom is -0.494 e. The van der Waals surface area contributed by atoms with Crippen LogP contribution >= 0.6 is 0 Å². The number of halogens is 1. The van der Waals surface area contributed by atoms with Crippen LogP contribution in [0.3, 0.4) is 0 Å². The van der Waals surface area contributed by atoms with Crippen LogP contribution in [0.1, 0.15) is 27.5 Å². The molecule has 5 rings (SSSR count). The first-order valence-corrected chi connectivity index (χ1v) is 9.34. The predicted octanol–water partition coefficient (Wildman–Crippen LogP) is 1.37. The minimum absolute atomic E-state index is 0.0539. The molecule has 1 atom stereocenters. The van der Waals surface area contributed by atoms with Crippen molar-refractivity contribution in [3.05, 3.63) is 52.9 Å². The third-order valence-electron chi connectivity index (χ3n) is 5.46. The molecule has 0 bridgehead atoms. The number of nitrogens with zero attached hydrogens (tertiary/aromatic N) is 3. The Morgan fingerprint density at radius 2 is 2.13 bits per heavy atom. The van der Waals surface area contributed by atoms with Gasteiger partial charge in [0.25, 0.3) is 11.8 Å². The summed E-state index contributed by atoms with van der Waals surface area (Å²) in [5, 5.41) is 5.28. The van der Waals surface area contributed by atoms with E-state index in [2.05, 4.69) is 20.6 Å². The van der Waals surface area contributed by atoms with Gasteiger partial charge in [-0.2, -0.15) is 4.98 Å². The highest BCUT2D eigenvalue weighted by Gasteiger charge is 2.53. The minimum atomic E-state index is -1.70. The Bertz CT molecular complexity index is 1290. The number of aromatic nitrogens is 2. The van der Waals surface area contributed by atoms with Gasteiger partial charge in [0.15, 0.2) is 17.1 Å². The highest BCUT2D eigenvalue weighted by Crippen LogP contribution is 2.35. The number of ether oxygens (including phenoxy) is 1. The number of imide groups is 1. The largest absolute Gasteiger partial charge is 0.494 e. The molecular formula is C20H16FN5O5. The predicted molar refractivity (Wildman–Crippen MR) is 103 cm³/mol. The zero-order valence-corrected chi connectivity index (χ0v) is 16.5. The maximum absolute atomic E-state index is 14.7. The van der Waals surface area contributed by atoms with Crippen LogP contribution in [0.4, 0.5) is 9.18 Å². The second kappa shape index (κ2) is 6.49. The number of fused-ring (bicyclic) bond motifs is 2. The number of urea groups is 1. The van der Waals surface area contributed by atoms with E-state index in [0.717, 1.165) is 0 Å². The maximum Gasteiger partial charge on any atom is 0.322 e. The summed E-state index contributed by atoms with van der Waals surface area (Å²) in [7, 11) is 1.31. The normalized spacial score (nSPS) is 20.2. The summed E-state index contributed by atoms with van der Waals surface area (Å²) in [5.41, 5.74) is -1.13. The van der Waals surface area contributed by atoms with Crippen molar-refractivity contribution in [1.82, 2.24) is 25.5 Å². The summed E-state index contributed by atoms with van der Waals surface area (Å²) in [5.74, 6) is -1.57. The van der Waals surface area contributed by atoms with Crippen LogP contribution in [0, 0.1) is 12.7 Å². The van der Waals surface area contributed by atoms with Crippen LogP contribution in [0.2, 0.25) is 0 Å². The van der Waals surface area contributed by atoms with Gasteiger partial charge < -0.3 is 19.4 Å². The van der Waals surface area contributed by atoms with E-state index in [0.29, 0.717) is 16.8 Å². The molecule has 1 aromatic carbocycles. The number of aryl methyl sites for hydroxylation is 1. The molecule has 1 fully saturated rings. The van der Waals surface area contributed by atoms with Gasteiger partial charge in [-0.05, 0) is 24.6 Å². The molecule has 158 valence electrons. The van der Waals surface area contributed by atoms with Gasteiger partial charge in [-0.1, -0.05) is 6.07 Å². The number of furan rings is 1. The van der Waals surface area contributed by atoms with Crippen molar-refractivity contribution in [3.8, 4) is 5.75 Å². The van der Waals surface area contributed by atoms with Crippen molar-refractivity contribution in [2.24, 2.45) is 0 Å². The van der Waals surface area contributed by atoms with E-state index in [-0.39, 0.29) is 35.9 Å². The zero-order valence-electron chi connectivity index (χ0n) is 16.5. The summed E-state index contributed by atoms with van der Waals surface area (Å²) in [6.07, 6.45) is 1.53. The molecule has 0 radical (unpaired) electrons. The number of nitrogens with one attached hydrogen (secondary N) is 2. The van der Waals surface area contributed by atoms with E-state index < -0.39 is 29.2 Å². The first-order valence-electron chi connectivity index (χ1n) is 9.34. The van der Waals surface area contributed by atoms with Crippen LogP contribution in [0.5, 0.6) is 5.75 Å². The Morgan fingerprint density at radius 3 is 2.84 bits per heavy atom. The van der Waals surface area contributed by atoms with Crippen LogP contribution in [-0.4, -0.2) is 46.4 Å². The van der Waals surface area contributed by atoms with Crippen molar-refractivity contribution in [2.45, 2.75) is 19.0 Å². The number of benzene rings is 1. The van der Waals surface area contributed by atoms with Gasteiger partial charge in [-0.3, -0.25) is 14.9 Å². The molecule has 2 N–H and O–H groups in total. The van der Waals surface area contributed by atoms with Gasteiger partial charge in [0.05, 0.1) is 24.6 Å². The quantitative estimate of drug-likeness (QED) is 0.605. The number of methoxy groups -OCH3 is 1. The fourth-order valence-corrected chi connectivity index (χ4v) is 3.95. The molecule has 2 aliphatic rings. The van der Waals surface area contributed by atoms with E-state index >= 15 is 0 Å². The molecule has 2 aliphatic heterocycles. The number of amides is 4. The fraction of sp³-hybridized carbons (Fsp3) is 0.250. The molecule has 10 nitrogen and oxygen atoms in total. The highest BCUT2D eigenvalue weighted by molar-refractivity contribution is 6.08. The first-order chi connectivity index (χ1) is 14.8. The maximum atomic E-state index is 14.7. The highest BCUT2D eigenvalue weighted by atomic mass is 19.1. The summed E-state index contributed by atoms with van der Waals surface area (Å²) < 4.78 is 25.4. The standard InChI is InChI=1S/C20H16FN5O5/c1-9-22-6-11-5-13(31-16(11)23-9)20(18(28)24-19(29)25-20)8-26-7-10-3-4-12(30-2)15(21)14(10)17(26)27/h3-6H,7-8H2,1-2H3,(H2,24,25,28,29)/t20-/m0/s1. The van der Waals surface area contributed by atoms with Gasteiger partial charge in [0.1, 0.15) is 11.6 Å². The Hall–Kier alpha value is -4.02. The van der Waals surface area contributed by atoms with E-state index in [9.17, 15) is 18.8 Å². The lowest BCUT2D eigenvalue weighted by Gasteiger charge is -2.28. The van der Waals surface area contributed by atoms with Crippen molar-refractivity contribution < 1.29 is 27.9 Å². The zero-order chi connectivity index (χ0) is 21.9. The number of carbonyl (C=O) groups is 3. The SMILES string of the molecule is COc1ccc2c(c1F)C(=O)N(C[C@@]1(c3cc4cnc(C)nc4o3)NC(=O)NC1=O)C2. The monoisotopic (exact) mass is 425 g/mol. The summed E-state index contributed by atoms with van der Waals surface area (Å²) >= 11 is 0. The molecule has 0 spiro atoms. The van der Waals surface area contributed by atoms with Crippen LogP contribution in [-0.2, 0) is 16.9 Å². The van der Waals surface area contributed by atoms with Crippen molar-refractivity contribution in [1.29, 1.82) is 0 Å². The molecule has 3 aromatic rings. The smallest absolute Gasteiger partial charge is 0.322 e. The average molecular weight is 425 g/mol. The molecule has 4 heterocycles. The second-order valence-corrected chi connectivity index (χ2v) is 7.38. The number of hydrogen-bond acceptors (Lipinski definition) is 7. The molecule has 2 aromatic heterocycles. The van der Waals surface area contributed by atoms with Gasteiger partial charge in [0.2, 0.25) is 5.71 Å². The first kappa shape index (κ1) is 19.0. The Labute approximate surface area is 174 Å². The third-order valence-corrected chi connectivity index (χ3v) is 5.46. The molecule has 0 saturated carbocycles. The van der Waals surface area contributed by atoms with E-state index in [1.165, 1.54) is 30.3 Å². The Kier molecular flexibility index (Phi) is 3.97. The van der Waals surface area contributed by atoms with E-state index in [1.807, 2.05) is 0 Å². The lowest BCUT2D eigenvalue weighted by Crippen LogP contribution is -2.52. The summed E-state index contributed by atoms with van der Waals surface area (Å²) in [4.78, 5) is 47.4. The molecule has 1 saturated heterocycles. The lowest BCUT2D eigenvalue weighted by atomic mass is 9.95. The molecule has 31 heavy (non-hydrogen) atoms. The van der Waals surface area contributed by atoms with Crippen LogP contribution in [0.15, 0.2) is 28.8 Å². The second-order valence-electron chi connectivity index (χ2n) is 7.38. The van der Waals surface area contributed by atoms with Crippen molar-refractivity contribution in [3.63, 3.8) is 0 Å². The van der Waals surface area contributed by atoms with Gasteiger partial charge >= 0.3 is 6.03 Å². The fourth-order valence-electron chi connectivity index (χ4n) is 3.95. The van der Waals surface area contributed by atoms with E-state index in [4.69, 9.17) is 9.15 Å². The van der Waals surface area contributed by atoms with Crippen molar-refractivity contribution in [2.75, 3.05) is 13.7 Å². The average Bonchev–Trinajstić information content (AvgIpc) is 3.37. The Balaban J connectivity index is 1.56. The molecular weight excluding hydrogens is 409 g/mol. The number of hydrogen-bond donors (Lipinski definition) is 2. The molecule has 0 unspecified atom stereocenters. The third kappa shape index (κ3) is 2.73. The van der Waals surface area contributed by atoms with Gasteiger partial charge in [0, 0.05) is 12.7 Å². The molecule has 4 amide bonds. The van der Waals surface area contributed by atoms with E-state index in [1.54, 1.807) is 13.0 Å². The Morgan fingerprint density at radius 1 is 1.32 bits per heavy atom. The van der Waals surface area contributed by atoms with Crippen LogP contribution < -0.4 is 15.4 Å². The molecule has 0 aliphatic carbocycles. The number of rotatable bonds is 4. The van der Waals surface area contributed by atoms with Gasteiger partial charge in [-0.25, -0.2) is 14.2 Å². The summed E-state index contributed by atoms with van der Waals surface area (Å²) in [6, 6.07) is 3.83. The topological polar surface area (TPSA) is 127 Å². The van der Waals surface area contributed by atoms with Gasteiger partial charge in [-0.15, -0.1) is 0 Å². The molecule has 11 heteroatoms. The summed E-state index contributed by atoms with van der Waals surface area (Å²) in [6.45, 7) is 1.47. The number of carbonyl (C=O) groups excluding carboxylic acids is 3. The van der Waals surface area contributed by atoms with Crippen LogP contribution in [0.25, 0.3) is 11.1 Å².